The zero-order valence-electron chi connectivity index (χ0n) is 30.4. The smallest absolute Gasteiger partial charge is 0.167 e. The van der Waals surface area contributed by atoms with E-state index in [2.05, 4.69) is 138 Å². The Balaban J connectivity index is 1.15. The van der Waals surface area contributed by atoms with Crippen molar-refractivity contribution < 1.29 is 4.42 Å². The van der Waals surface area contributed by atoms with Gasteiger partial charge in [0.2, 0.25) is 0 Å². The molecule has 266 valence electrons. The number of nitrogens with zero attached hydrogens (tertiary/aromatic N) is 4. The lowest BCUT2D eigenvalue weighted by molar-refractivity contribution is 0.669. The molecule has 0 spiro atoms. The third-order valence-electron chi connectivity index (χ3n) is 11.1. The first kappa shape index (κ1) is 31.9. The Morgan fingerprint density at radius 2 is 1.07 bits per heavy atom. The van der Waals surface area contributed by atoms with Crippen molar-refractivity contribution in [3.63, 3.8) is 0 Å². The fraction of sp³-hybridized carbons (Fsp3) is 0. The highest BCUT2D eigenvalue weighted by Gasteiger charge is 2.24. The second kappa shape index (κ2) is 12.6. The summed E-state index contributed by atoms with van der Waals surface area (Å²) in [6, 6.07) is 63.6. The zero-order chi connectivity index (χ0) is 37.5. The van der Waals surface area contributed by atoms with E-state index in [1.807, 2.05) is 59.9 Å². The first-order chi connectivity index (χ1) is 28.3. The monoisotopic (exact) mass is 746 g/mol. The summed E-state index contributed by atoms with van der Waals surface area (Å²) in [6.07, 6.45) is 0. The molecule has 0 atom stereocenters. The van der Waals surface area contributed by atoms with Crippen LogP contribution in [0.2, 0.25) is 0 Å². The predicted molar refractivity (Wildman–Crippen MR) is 236 cm³/mol. The Morgan fingerprint density at radius 3 is 1.91 bits per heavy atom. The van der Waals surface area contributed by atoms with Crippen LogP contribution in [0.5, 0.6) is 0 Å². The van der Waals surface area contributed by atoms with Crippen molar-refractivity contribution in [3.8, 4) is 51.0 Å². The van der Waals surface area contributed by atoms with E-state index in [1.165, 1.54) is 36.5 Å². The Kier molecular flexibility index (Phi) is 7.03. The molecule has 0 aliphatic rings. The van der Waals surface area contributed by atoms with Crippen molar-refractivity contribution in [2.75, 3.05) is 0 Å². The van der Waals surface area contributed by atoms with Crippen LogP contribution in [-0.4, -0.2) is 19.5 Å². The lowest BCUT2D eigenvalue weighted by atomic mass is 10.0. The highest BCUT2D eigenvalue weighted by Crippen LogP contribution is 2.46. The van der Waals surface area contributed by atoms with Crippen LogP contribution in [-0.2, 0) is 0 Å². The molecular formula is C51H30N4OS. The molecule has 0 radical (unpaired) electrons. The minimum absolute atomic E-state index is 0.549. The summed E-state index contributed by atoms with van der Waals surface area (Å²) >= 11 is 1.84. The third-order valence-corrected chi connectivity index (χ3v) is 12.2. The fourth-order valence-corrected chi connectivity index (χ4v) is 9.61. The second-order valence-corrected chi connectivity index (χ2v) is 15.4. The van der Waals surface area contributed by atoms with Gasteiger partial charge in [0.25, 0.3) is 0 Å². The molecule has 0 bridgehead atoms. The summed E-state index contributed by atoms with van der Waals surface area (Å²) in [7, 11) is 0. The number of para-hydroxylation sites is 2. The first-order valence-electron chi connectivity index (χ1n) is 19.0. The molecular weight excluding hydrogens is 717 g/mol. The molecule has 4 aromatic heterocycles. The lowest BCUT2D eigenvalue weighted by Gasteiger charge is -2.13. The van der Waals surface area contributed by atoms with Crippen molar-refractivity contribution in [1.29, 1.82) is 0 Å². The summed E-state index contributed by atoms with van der Waals surface area (Å²) in [6.45, 7) is 0. The zero-order valence-corrected chi connectivity index (χ0v) is 31.2. The SMILES string of the molecule is c1ccc(-c2cccc(-c3nc(-c4ccccc4)nc(-c4ccc(-n5c6ccccc6c6ccc7sc8ccccc8c7c65)c5c4oc4ccccc45)n3)c2)cc1. The number of rotatable bonds is 5. The maximum Gasteiger partial charge on any atom is 0.167 e. The molecule has 12 rings (SSSR count). The van der Waals surface area contributed by atoms with Crippen molar-refractivity contribution >= 4 is 75.3 Å². The minimum Gasteiger partial charge on any atom is -0.455 e. The molecule has 0 N–H and O–H groups in total. The molecule has 0 unspecified atom stereocenters. The highest BCUT2D eigenvalue weighted by atomic mass is 32.1. The summed E-state index contributed by atoms with van der Waals surface area (Å²) in [5.41, 5.74) is 9.77. The van der Waals surface area contributed by atoms with E-state index in [0.29, 0.717) is 17.5 Å². The molecule has 0 amide bonds. The molecule has 0 saturated heterocycles. The number of furan rings is 1. The average molecular weight is 747 g/mol. The van der Waals surface area contributed by atoms with Crippen LogP contribution >= 0.6 is 11.3 Å². The summed E-state index contributed by atoms with van der Waals surface area (Å²) in [5.74, 6) is 1.75. The van der Waals surface area contributed by atoms with Gasteiger partial charge in [0.05, 0.1) is 27.7 Å². The molecule has 0 fully saturated rings. The van der Waals surface area contributed by atoms with Gasteiger partial charge in [-0.2, -0.15) is 0 Å². The fourth-order valence-electron chi connectivity index (χ4n) is 8.50. The topological polar surface area (TPSA) is 56.7 Å². The second-order valence-electron chi connectivity index (χ2n) is 14.3. The van der Waals surface area contributed by atoms with E-state index in [0.717, 1.165) is 61.0 Å². The van der Waals surface area contributed by atoms with Gasteiger partial charge in [-0.3, -0.25) is 0 Å². The molecule has 0 aliphatic heterocycles. The molecule has 8 aromatic carbocycles. The number of aromatic nitrogens is 4. The van der Waals surface area contributed by atoms with Gasteiger partial charge in [-0.05, 0) is 53.6 Å². The number of benzene rings is 8. The molecule has 6 heteroatoms. The Bertz CT molecular complexity index is 3530. The van der Waals surface area contributed by atoms with Gasteiger partial charge in [0.1, 0.15) is 11.2 Å². The van der Waals surface area contributed by atoms with Crippen LogP contribution in [0.25, 0.3) is 115 Å². The van der Waals surface area contributed by atoms with Crippen LogP contribution < -0.4 is 0 Å². The molecule has 5 nitrogen and oxygen atoms in total. The van der Waals surface area contributed by atoms with E-state index in [9.17, 15) is 0 Å². The normalized spacial score (nSPS) is 11.9. The van der Waals surface area contributed by atoms with Crippen LogP contribution in [0, 0.1) is 0 Å². The van der Waals surface area contributed by atoms with Crippen LogP contribution in [0.4, 0.5) is 0 Å². The van der Waals surface area contributed by atoms with Crippen molar-refractivity contribution in [3.05, 3.63) is 182 Å². The highest BCUT2D eigenvalue weighted by molar-refractivity contribution is 7.26. The van der Waals surface area contributed by atoms with Crippen LogP contribution in [0.15, 0.2) is 186 Å². The molecule has 12 aromatic rings. The third kappa shape index (κ3) is 4.98. The van der Waals surface area contributed by atoms with Crippen molar-refractivity contribution in [1.82, 2.24) is 19.5 Å². The largest absolute Gasteiger partial charge is 0.455 e. The molecule has 4 heterocycles. The quantitative estimate of drug-likeness (QED) is 0.176. The van der Waals surface area contributed by atoms with Gasteiger partial charge in [-0.1, -0.05) is 140 Å². The van der Waals surface area contributed by atoms with E-state index in [1.54, 1.807) is 0 Å². The standard InChI is InChI=1S/C51H30N4OS/c1-3-14-31(15-4-1)33-18-13-19-34(30-33)50-52-49(32-16-5-2-6-17-32)53-51(54-50)39-26-28-41(45-37-21-8-11-24-42(37)56-48(39)45)55-40-23-10-7-20-35(40)36-27-29-44-46(47(36)55)38-22-9-12-25-43(38)57-44/h1-30H. The van der Waals surface area contributed by atoms with Crippen LogP contribution in [0.1, 0.15) is 0 Å². The van der Waals surface area contributed by atoms with Gasteiger partial charge in [-0.15, -0.1) is 11.3 Å². The minimum atomic E-state index is 0.549. The molecule has 0 aliphatic carbocycles. The number of thiophene rings is 1. The van der Waals surface area contributed by atoms with Gasteiger partial charge < -0.3 is 8.98 Å². The van der Waals surface area contributed by atoms with E-state index >= 15 is 0 Å². The van der Waals surface area contributed by atoms with Crippen molar-refractivity contribution in [2.45, 2.75) is 0 Å². The Morgan fingerprint density at radius 1 is 0.421 bits per heavy atom. The predicted octanol–water partition coefficient (Wildman–Crippen LogP) is 13.9. The van der Waals surface area contributed by atoms with E-state index in [4.69, 9.17) is 19.4 Å². The van der Waals surface area contributed by atoms with Gasteiger partial charge in [0.15, 0.2) is 17.5 Å². The van der Waals surface area contributed by atoms with Crippen molar-refractivity contribution in [2.24, 2.45) is 0 Å². The Hall–Kier alpha value is -7.41. The van der Waals surface area contributed by atoms with Gasteiger partial charge >= 0.3 is 0 Å². The summed E-state index contributed by atoms with van der Waals surface area (Å²) < 4.78 is 11.9. The summed E-state index contributed by atoms with van der Waals surface area (Å²) in [4.78, 5) is 15.5. The van der Waals surface area contributed by atoms with E-state index < -0.39 is 0 Å². The van der Waals surface area contributed by atoms with Gasteiger partial charge in [-0.25, -0.2) is 15.0 Å². The number of hydrogen-bond donors (Lipinski definition) is 0. The maximum atomic E-state index is 6.90. The number of hydrogen-bond acceptors (Lipinski definition) is 5. The van der Waals surface area contributed by atoms with Gasteiger partial charge in [0, 0.05) is 47.5 Å². The average Bonchev–Trinajstić information content (AvgIpc) is 3.97. The number of fused-ring (bicyclic) bond motifs is 10. The summed E-state index contributed by atoms with van der Waals surface area (Å²) in [5, 5.41) is 7.00. The Labute approximate surface area is 330 Å². The molecule has 0 saturated carbocycles. The van der Waals surface area contributed by atoms with Crippen LogP contribution in [0.3, 0.4) is 0 Å². The maximum absolute atomic E-state index is 6.90. The van der Waals surface area contributed by atoms with E-state index in [-0.39, 0.29) is 0 Å². The lowest BCUT2D eigenvalue weighted by Crippen LogP contribution is -2.01. The molecule has 57 heavy (non-hydrogen) atoms. The first-order valence-corrected chi connectivity index (χ1v) is 19.8.